The molecule has 0 saturated carbocycles. The molecule has 1 heterocycles. The van der Waals surface area contributed by atoms with Gasteiger partial charge in [0.25, 0.3) is 0 Å². The third kappa shape index (κ3) is 6.76. The summed E-state index contributed by atoms with van der Waals surface area (Å²) >= 11 is 0. The molecule has 0 radical (unpaired) electrons. The first-order valence-corrected chi connectivity index (χ1v) is 11.8. The molecule has 12 heteroatoms. The van der Waals surface area contributed by atoms with Crippen molar-refractivity contribution in [1.29, 1.82) is 5.26 Å². The Morgan fingerprint density at radius 1 is 1.27 bits per heavy atom. The molecule has 0 amide bonds. The first-order chi connectivity index (χ1) is 15.4. The minimum absolute atomic E-state index is 0.197. The summed E-state index contributed by atoms with van der Waals surface area (Å²) < 4.78 is 40.0. The summed E-state index contributed by atoms with van der Waals surface area (Å²) in [4.78, 5) is 24.0. The number of carbonyl (C=O) groups excluding carboxylic acids is 2. The van der Waals surface area contributed by atoms with Gasteiger partial charge in [-0.05, 0) is 26.0 Å². The zero-order valence-corrected chi connectivity index (χ0v) is 20.0. The fourth-order valence-corrected chi connectivity index (χ4v) is 4.50. The summed E-state index contributed by atoms with van der Waals surface area (Å²) in [5.41, 5.74) is -1.84. The minimum atomic E-state index is -4.20. The lowest BCUT2D eigenvalue weighted by Gasteiger charge is -2.29. The third-order valence-electron chi connectivity index (χ3n) is 4.87. The Labute approximate surface area is 192 Å². The molecular weight excluding hydrogens is 455 g/mol. The van der Waals surface area contributed by atoms with Crippen molar-refractivity contribution in [1.82, 2.24) is 5.09 Å². The van der Waals surface area contributed by atoms with Gasteiger partial charge in [-0.25, -0.2) is 4.57 Å². The monoisotopic (exact) mass is 484 g/mol. The number of nitrogens with one attached hydrogen (secondary N) is 1. The van der Waals surface area contributed by atoms with Crippen molar-refractivity contribution in [3.63, 3.8) is 0 Å². The van der Waals surface area contributed by atoms with E-state index in [1.165, 1.54) is 33.1 Å². The summed E-state index contributed by atoms with van der Waals surface area (Å²) in [6.07, 6.45) is -3.75. The van der Waals surface area contributed by atoms with Crippen LogP contribution in [0.2, 0.25) is 0 Å². The van der Waals surface area contributed by atoms with Crippen LogP contribution in [-0.2, 0) is 32.9 Å². The molecule has 0 aliphatic carbocycles. The Morgan fingerprint density at radius 3 is 2.45 bits per heavy atom. The van der Waals surface area contributed by atoms with Crippen LogP contribution in [-0.4, -0.2) is 60.7 Å². The molecule has 33 heavy (non-hydrogen) atoms. The van der Waals surface area contributed by atoms with Gasteiger partial charge in [-0.3, -0.25) is 14.1 Å². The highest BCUT2D eigenvalue weighted by atomic mass is 31.2. The van der Waals surface area contributed by atoms with Crippen molar-refractivity contribution >= 4 is 19.7 Å². The molecule has 1 fully saturated rings. The summed E-state index contributed by atoms with van der Waals surface area (Å²) in [6.45, 7) is 5.44. The quantitative estimate of drug-likeness (QED) is 0.370. The average molecular weight is 484 g/mol. The standard InChI is InChI=1S/C21H29N2O9P/c1-13(2)19(24)31-18-16(30-17(11-22)21(18,4)26)12-29-33(27,23-14(3)20(25)28-5)32-15-9-7-6-8-10-15/h6-10,13-14,16-18,26H,12H2,1-5H3,(H,23,27)/t14-,16+,17+,18+,21-,33?/m0/s1. The van der Waals surface area contributed by atoms with E-state index >= 15 is 0 Å². The smallest absolute Gasteiger partial charge is 0.459 e. The lowest BCUT2D eigenvalue weighted by molar-refractivity contribution is -0.166. The molecule has 1 aliphatic rings. The van der Waals surface area contributed by atoms with Crippen LogP contribution in [0.3, 0.4) is 0 Å². The van der Waals surface area contributed by atoms with Crippen molar-refractivity contribution in [2.75, 3.05) is 13.7 Å². The number of ether oxygens (including phenoxy) is 3. The summed E-state index contributed by atoms with van der Waals surface area (Å²) in [5.74, 6) is -1.63. The van der Waals surface area contributed by atoms with E-state index < -0.39 is 62.2 Å². The predicted molar refractivity (Wildman–Crippen MR) is 115 cm³/mol. The number of methoxy groups -OCH3 is 1. The van der Waals surface area contributed by atoms with Crippen LogP contribution in [0.1, 0.15) is 27.7 Å². The number of hydrogen-bond donors (Lipinski definition) is 2. The van der Waals surface area contributed by atoms with Crippen molar-refractivity contribution < 1.29 is 42.5 Å². The SMILES string of the molecule is COC(=O)[C@H](C)NP(=O)(OC[C@H]1O[C@H](C#N)[C@](C)(O)[C@@H]1OC(=O)C(C)C)Oc1ccccc1. The van der Waals surface area contributed by atoms with Gasteiger partial charge in [-0.15, -0.1) is 0 Å². The second-order valence-corrected chi connectivity index (χ2v) is 9.69. The summed E-state index contributed by atoms with van der Waals surface area (Å²) in [7, 11) is -3.03. The molecule has 2 N–H and O–H groups in total. The van der Waals surface area contributed by atoms with Gasteiger partial charge in [0.2, 0.25) is 0 Å². The van der Waals surface area contributed by atoms with E-state index in [-0.39, 0.29) is 5.75 Å². The minimum Gasteiger partial charge on any atom is -0.468 e. The number of benzene rings is 1. The van der Waals surface area contributed by atoms with Crippen LogP contribution in [0, 0.1) is 17.2 Å². The fraction of sp³-hybridized carbons (Fsp3) is 0.571. The maximum absolute atomic E-state index is 13.5. The van der Waals surface area contributed by atoms with Gasteiger partial charge in [0.05, 0.1) is 25.7 Å². The maximum Gasteiger partial charge on any atom is 0.459 e. The van der Waals surface area contributed by atoms with Crippen LogP contribution in [0.5, 0.6) is 5.75 Å². The van der Waals surface area contributed by atoms with E-state index in [0.29, 0.717) is 0 Å². The summed E-state index contributed by atoms with van der Waals surface area (Å²) in [6, 6.07) is 8.87. The van der Waals surface area contributed by atoms with Crippen LogP contribution < -0.4 is 9.61 Å². The normalized spacial score (nSPS) is 27.3. The number of nitriles is 1. The lowest BCUT2D eigenvalue weighted by atomic mass is 9.93. The van der Waals surface area contributed by atoms with E-state index in [4.69, 9.17) is 18.5 Å². The zero-order chi connectivity index (χ0) is 24.8. The van der Waals surface area contributed by atoms with Crippen molar-refractivity contribution in [2.45, 2.75) is 57.6 Å². The highest BCUT2D eigenvalue weighted by Gasteiger charge is 2.56. The molecule has 6 atom stereocenters. The van der Waals surface area contributed by atoms with Gasteiger partial charge >= 0.3 is 19.7 Å². The molecule has 1 aromatic carbocycles. The topological polar surface area (TPSA) is 153 Å². The van der Waals surface area contributed by atoms with Crippen molar-refractivity contribution in [2.24, 2.45) is 5.92 Å². The van der Waals surface area contributed by atoms with E-state index in [1.54, 1.807) is 32.0 Å². The highest BCUT2D eigenvalue weighted by molar-refractivity contribution is 7.52. The van der Waals surface area contributed by atoms with Gasteiger partial charge in [0.15, 0.2) is 12.2 Å². The van der Waals surface area contributed by atoms with E-state index in [2.05, 4.69) is 9.82 Å². The first-order valence-electron chi connectivity index (χ1n) is 10.3. The number of aliphatic hydroxyl groups is 1. The molecule has 11 nitrogen and oxygen atoms in total. The number of rotatable bonds is 10. The van der Waals surface area contributed by atoms with Gasteiger partial charge in [0, 0.05) is 0 Å². The molecule has 2 rings (SSSR count). The Kier molecular flexibility index (Phi) is 9.00. The highest BCUT2D eigenvalue weighted by Crippen LogP contribution is 2.46. The molecule has 0 spiro atoms. The molecule has 1 unspecified atom stereocenters. The van der Waals surface area contributed by atoms with Crippen LogP contribution in [0.25, 0.3) is 0 Å². The number of esters is 2. The van der Waals surface area contributed by atoms with E-state index in [9.17, 15) is 24.5 Å². The van der Waals surface area contributed by atoms with Gasteiger partial charge in [-0.1, -0.05) is 32.0 Å². The second kappa shape index (κ2) is 11.1. The number of carbonyl (C=O) groups is 2. The maximum atomic E-state index is 13.5. The van der Waals surface area contributed by atoms with Crippen LogP contribution in [0.4, 0.5) is 0 Å². The third-order valence-corrected chi connectivity index (χ3v) is 6.51. The van der Waals surface area contributed by atoms with Crippen LogP contribution >= 0.6 is 7.75 Å². The lowest BCUT2D eigenvalue weighted by Crippen LogP contribution is -2.48. The molecular formula is C21H29N2O9P. The van der Waals surface area contributed by atoms with E-state index in [1.807, 2.05) is 6.07 Å². The Bertz CT molecular complexity index is 916. The van der Waals surface area contributed by atoms with Crippen LogP contribution in [0.15, 0.2) is 30.3 Å². The number of para-hydroxylation sites is 1. The first kappa shape index (κ1) is 26.8. The van der Waals surface area contributed by atoms with Gasteiger partial charge in [-0.2, -0.15) is 10.3 Å². The fourth-order valence-electron chi connectivity index (χ4n) is 3.00. The Hall–Kier alpha value is -2.48. The molecule has 1 aromatic rings. The van der Waals surface area contributed by atoms with Gasteiger partial charge < -0.3 is 23.8 Å². The molecule has 1 aliphatic heterocycles. The average Bonchev–Trinajstić information content (AvgIpc) is 3.01. The van der Waals surface area contributed by atoms with Gasteiger partial charge in [0.1, 0.15) is 23.5 Å². The molecule has 0 aromatic heterocycles. The summed E-state index contributed by atoms with van der Waals surface area (Å²) in [5, 5.41) is 22.6. The molecule has 0 bridgehead atoms. The Balaban J connectivity index is 2.25. The second-order valence-electron chi connectivity index (χ2n) is 7.99. The van der Waals surface area contributed by atoms with Crippen molar-refractivity contribution in [3.05, 3.63) is 30.3 Å². The largest absolute Gasteiger partial charge is 0.468 e. The zero-order valence-electron chi connectivity index (χ0n) is 19.1. The molecule has 182 valence electrons. The molecule has 1 saturated heterocycles. The van der Waals surface area contributed by atoms with Crippen molar-refractivity contribution in [3.8, 4) is 11.8 Å². The number of hydrogen-bond acceptors (Lipinski definition) is 10. The number of nitrogens with zero attached hydrogens (tertiary/aromatic N) is 1. The predicted octanol–water partition coefficient (Wildman–Crippen LogP) is 1.95. The van der Waals surface area contributed by atoms with E-state index in [0.717, 1.165) is 0 Å². The Morgan fingerprint density at radius 2 is 1.91 bits per heavy atom.